The fourth-order valence-corrected chi connectivity index (χ4v) is 4.10. The Morgan fingerprint density at radius 3 is 2.24 bits per heavy atom. The van der Waals surface area contributed by atoms with Gasteiger partial charge < -0.3 is 5.11 Å². The maximum atomic E-state index is 14.9. The van der Waals surface area contributed by atoms with Gasteiger partial charge in [-0.05, 0) is 55.0 Å². The number of aliphatic hydroxyl groups excluding tert-OH is 1. The number of benzene rings is 3. The van der Waals surface area contributed by atoms with Crippen LogP contribution in [-0.2, 0) is 15.8 Å². The average molecular weight is 534 g/mol. The van der Waals surface area contributed by atoms with Gasteiger partial charge in [0.15, 0.2) is 0 Å². The Kier molecular flexibility index (Phi) is 6.07. The molecule has 1 saturated heterocycles. The van der Waals surface area contributed by atoms with Crippen molar-refractivity contribution >= 4 is 39.1 Å². The second-order valence-corrected chi connectivity index (χ2v) is 8.55. The molecule has 0 aliphatic carbocycles. The molecule has 0 aromatic heterocycles. The van der Waals surface area contributed by atoms with E-state index in [2.05, 4.69) is 15.9 Å². The molecule has 1 aliphatic rings. The number of nitrogens with zero attached hydrogens (tertiary/aromatic N) is 1. The van der Waals surface area contributed by atoms with Gasteiger partial charge in [0.1, 0.15) is 11.6 Å². The van der Waals surface area contributed by atoms with Crippen LogP contribution < -0.4 is 4.90 Å². The van der Waals surface area contributed by atoms with Crippen molar-refractivity contribution in [1.29, 1.82) is 0 Å². The second kappa shape index (κ2) is 8.72. The van der Waals surface area contributed by atoms with Gasteiger partial charge in [-0.1, -0.05) is 40.2 Å². The summed E-state index contributed by atoms with van der Waals surface area (Å²) in [5, 5.41) is 11.1. The summed E-state index contributed by atoms with van der Waals surface area (Å²) in [6.45, 7) is 1.76. The molecule has 0 spiro atoms. The predicted molar refractivity (Wildman–Crippen MR) is 122 cm³/mol. The van der Waals surface area contributed by atoms with E-state index >= 15 is 0 Å². The first kappa shape index (κ1) is 23.7. The number of ketones is 1. The SMILES string of the molecule is Cc1cc(/C(O)=C2\C(=O)C(=O)N(c3ccc(C(F)(F)F)cc3)C2c2ccccc2F)ccc1Br. The summed E-state index contributed by atoms with van der Waals surface area (Å²) in [6, 6.07) is 12.4. The zero-order valence-corrected chi connectivity index (χ0v) is 19.1. The molecular formula is C25H16BrF4NO3. The summed E-state index contributed by atoms with van der Waals surface area (Å²) in [5.74, 6) is -3.43. The van der Waals surface area contributed by atoms with E-state index in [1.54, 1.807) is 19.1 Å². The topological polar surface area (TPSA) is 57.6 Å². The number of halogens is 5. The fourth-order valence-electron chi connectivity index (χ4n) is 3.85. The quantitative estimate of drug-likeness (QED) is 0.180. The molecule has 1 atom stereocenters. The summed E-state index contributed by atoms with van der Waals surface area (Å²) >= 11 is 3.34. The van der Waals surface area contributed by atoms with Gasteiger partial charge in [-0.25, -0.2) is 4.39 Å². The van der Waals surface area contributed by atoms with Crippen LogP contribution in [0.25, 0.3) is 5.76 Å². The van der Waals surface area contributed by atoms with Gasteiger partial charge in [0, 0.05) is 21.3 Å². The minimum Gasteiger partial charge on any atom is -0.507 e. The van der Waals surface area contributed by atoms with E-state index in [0.717, 1.165) is 45.3 Å². The van der Waals surface area contributed by atoms with Crippen LogP contribution in [0, 0.1) is 12.7 Å². The number of carbonyl (C=O) groups excluding carboxylic acids is 2. The van der Waals surface area contributed by atoms with Crippen LogP contribution in [0.15, 0.2) is 76.8 Å². The molecule has 1 heterocycles. The molecule has 4 nitrogen and oxygen atoms in total. The molecule has 34 heavy (non-hydrogen) atoms. The summed E-state index contributed by atoms with van der Waals surface area (Å²) in [7, 11) is 0. The number of amides is 1. The lowest BCUT2D eigenvalue weighted by Gasteiger charge is -2.26. The maximum Gasteiger partial charge on any atom is 0.416 e. The minimum absolute atomic E-state index is 0.0469. The highest BCUT2D eigenvalue weighted by molar-refractivity contribution is 9.10. The molecule has 1 amide bonds. The van der Waals surface area contributed by atoms with E-state index in [9.17, 15) is 32.3 Å². The first-order chi connectivity index (χ1) is 16.0. The average Bonchev–Trinajstić information content (AvgIpc) is 3.05. The number of rotatable bonds is 3. The molecular weight excluding hydrogens is 518 g/mol. The number of hydrogen-bond donors (Lipinski definition) is 1. The lowest BCUT2D eigenvalue weighted by molar-refractivity contribution is -0.137. The van der Waals surface area contributed by atoms with E-state index in [-0.39, 0.29) is 22.4 Å². The first-order valence-corrected chi connectivity index (χ1v) is 10.8. The fraction of sp³-hybridized carbons (Fsp3) is 0.120. The Balaban J connectivity index is 1.93. The molecule has 1 aliphatic heterocycles. The number of anilines is 1. The minimum atomic E-state index is -4.60. The van der Waals surface area contributed by atoms with Crippen LogP contribution in [0.5, 0.6) is 0 Å². The molecule has 0 radical (unpaired) electrons. The normalized spacial score (nSPS) is 17.9. The van der Waals surface area contributed by atoms with E-state index in [1.165, 1.54) is 24.3 Å². The zero-order chi connectivity index (χ0) is 24.8. The summed E-state index contributed by atoms with van der Waals surface area (Å²) in [4.78, 5) is 27.0. The molecule has 3 aromatic rings. The Bertz CT molecular complexity index is 1330. The number of aryl methyl sites for hydroxylation is 1. The van der Waals surface area contributed by atoms with Crippen molar-refractivity contribution in [3.05, 3.63) is 105 Å². The van der Waals surface area contributed by atoms with Gasteiger partial charge in [-0.2, -0.15) is 13.2 Å². The van der Waals surface area contributed by atoms with E-state index in [0.29, 0.717) is 0 Å². The third-order valence-corrected chi connectivity index (χ3v) is 6.44. The summed E-state index contributed by atoms with van der Waals surface area (Å²) in [6.07, 6.45) is -4.60. The standard InChI is InChI=1S/C25H16BrF4NO3/c1-13-12-14(6-11-18(13)26)22(32)20-21(17-4-2-3-5-19(17)27)31(24(34)23(20)33)16-9-7-15(8-10-16)25(28,29)30/h2-12,21,32H,1H3/b22-20+. The van der Waals surface area contributed by atoms with Crippen LogP contribution in [-0.4, -0.2) is 16.8 Å². The molecule has 1 N–H and O–H groups in total. The van der Waals surface area contributed by atoms with Crippen molar-refractivity contribution in [1.82, 2.24) is 0 Å². The molecule has 9 heteroatoms. The smallest absolute Gasteiger partial charge is 0.416 e. The van der Waals surface area contributed by atoms with Crippen molar-refractivity contribution in [2.24, 2.45) is 0 Å². The highest BCUT2D eigenvalue weighted by Gasteiger charge is 2.48. The van der Waals surface area contributed by atoms with Crippen LogP contribution in [0.2, 0.25) is 0 Å². The van der Waals surface area contributed by atoms with Gasteiger partial charge in [0.25, 0.3) is 11.7 Å². The van der Waals surface area contributed by atoms with Crippen LogP contribution in [0.1, 0.15) is 28.3 Å². The Morgan fingerprint density at radius 1 is 1.00 bits per heavy atom. The molecule has 1 unspecified atom stereocenters. The molecule has 0 bridgehead atoms. The third kappa shape index (κ3) is 4.11. The number of alkyl halides is 3. The molecule has 0 saturated carbocycles. The maximum absolute atomic E-state index is 14.9. The second-order valence-electron chi connectivity index (χ2n) is 7.70. The molecule has 3 aromatic carbocycles. The van der Waals surface area contributed by atoms with Crippen LogP contribution in [0.4, 0.5) is 23.2 Å². The number of Topliss-reactive ketones (excluding diaryl/α,β-unsaturated/α-hetero) is 1. The van der Waals surface area contributed by atoms with Gasteiger partial charge >= 0.3 is 6.18 Å². The Labute approximate surface area is 200 Å². The Morgan fingerprint density at radius 2 is 1.65 bits per heavy atom. The van der Waals surface area contributed by atoms with Gasteiger partial charge in [0.2, 0.25) is 0 Å². The predicted octanol–water partition coefficient (Wildman–Crippen LogP) is 6.54. The largest absolute Gasteiger partial charge is 0.507 e. The highest BCUT2D eigenvalue weighted by atomic mass is 79.9. The number of aliphatic hydroxyl groups is 1. The summed E-state index contributed by atoms with van der Waals surface area (Å²) in [5.41, 5.74) is -0.473. The van der Waals surface area contributed by atoms with Gasteiger partial charge in [0.05, 0.1) is 17.2 Å². The van der Waals surface area contributed by atoms with Crippen molar-refractivity contribution in [3.8, 4) is 0 Å². The van der Waals surface area contributed by atoms with Crippen LogP contribution in [0.3, 0.4) is 0 Å². The van der Waals surface area contributed by atoms with Gasteiger partial charge in [-0.15, -0.1) is 0 Å². The Hall–Kier alpha value is -3.46. The van der Waals surface area contributed by atoms with E-state index in [4.69, 9.17) is 0 Å². The van der Waals surface area contributed by atoms with Gasteiger partial charge in [-0.3, -0.25) is 14.5 Å². The van der Waals surface area contributed by atoms with Crippen molar-refractivity contribution in [2.75, 3.05) is 4.90 Å². The van der Waals surface area contributed by atoms with Crippen LogP contribution >= 0.6 is 15.9 Å². The monoisotopic (exact) mass is 533 g/mol. The molecule has 4 rings (SSSR count). The lowest BCUT2D eigenvalue weighted by Crippen LogP contribution is -2.30. The van der Waals surface area contributed by atoms with Crippen molar-refractivity contribution in [2.45, 2.75) is 19.1 Å². The van der Waals surface area contributed by atoms with Crippen molar-refractivity contribution in [3.63, 3.8) is 0 Å². The van der Waals surface area contributed by atoms with Crippen molar-refractivity contribution < 1.29 is 32.3 Å². The number of carbonyl (C=O) groups is 2. The van der Waals surface area contributed by atoms with E-state index in [1.807, 2.05) is 0 Å². The molecule has 174 valence electrons. The molecule has 1 fully saturated rings. The highest BCUT2D eigenvalue weighted by Crippen LogP contribution is 2.43. The third-order valence-electron chi connectivity index (χ3n) is 5.55. The first-order valence-electron chi connectivity index (χ1n) is 10.00. The lowest BCUT2D eigenvalue weighted by atomic mass is 9.94. The zero-order valence-electron chi connectivity index (χ0n) is 17.5. The number of hydrogen-bond acceptors (Lipinski definition) is 3. The summed E-state index contributed by atoms with van der Waals surface area (Å²) < 4.78 is 54.7. The van der Waals surface area contributed by atoms with E-state index < -0.39 is 41.0 Å².